The van der Waals surface area contributed by atoms with Crippen molar-refractivity contribution in [1.29, 1.82) is 0 Å². The maximum absolute atomic E-state index is 13.5. The Balaban J connectivity index is 1.35. The van der Waals surface area contributed by atoms with Crippen LogP contribution < -0.4 is 4.90 Å². The van der Waals surface area contributed by atoms with Crippen molar-refractivity contribution >= 4 is 17.1 Å². The zero-order chi connectivity index (χ0) is 38.1. The van der Waals surface area contributed by atoms with Gasteiger partial charge in [-0.1, -0.05) is 157 Å². The number of anilines is 3. The van der Waals surface area contributed by atoms with E-state index in [-0.39, 0.29) is 5.41 Å². The van der Waals surface area contributed by atoms with Crippen LogP contribution in [0, 0.1) is 13.8 Å². The van der Waals surface area contributed by atoms with Crippen LogP contribution in [0.3, 0.4) is 0 Å². The lowest BCUT2D eigenvalue weighted by Crippen LogP contribution is -2.25. The standard InChI is InChI=1S/C50H58F3N/c1-5-7-9-11-13-15-33-49(34-16-14-12-10-8-6-2)47-35-38(4)19-31-45(47)46-32-22-40(36-48(46)49)39-20-27-43(28-21-39)54(42-25-17-37(3)18-26-42)44-29-23-41(24-30-44)50(51,52)53/h17-32,35-36H,5-16,33-34H2,1-4H3. The lowest BCUT2D eigenvalue weighted by atomic mass is 9.70. The second-order valence-corrected chi connectivity index (χ2v) is 15.7. The van der Waals surface area contributed by atoms with E-state index >= 15 is 0 Å². The van der Waals surface area contributed by atoms with Gasteiger partial charge in [-0.25, -0.2) is 0 Å². The van der Waals surface area contributed by atoms with E-state index in [9.17, 15) is 13.2 Å². The van der Waals surface area contributed by atoms with Gasteiger partial charge in [-0.15, -0.1) is 0 Å². The van der Waals surface area contributed by atoms with Crippen LogP contribution >= 0.6 is 0 Å². The Bertz CT molecular complexity index is 1920. The van der Waals surface area contributed by atoms with Crippen LogP contribution in [0.5, 0.6) is 0 Å². The minimum absolute atomic E-state index is 0.00691. The van der Waals surface area contributed by atoms with Crippen LogP contribution in [0.25, 0.3) is 22.3 Å². The predicted molar refractivity (Wildman–Crippen MR) is 223 cm³/mol. The van der Waals surface area contributed by atoms with Gasteiger partial charge in [0.1, 0.15) is 0 Å². The SMILES string of the molecule is CCCCCCCCC1(CCCCCCCC)c2cc(C)ccc2-c2ccc(-c3ccc(N(c4ccc(C)cc4)c4ccc(C(F)(F)F)cc4)cc3)cc21. The molecule has 0 heterocycles. The topological polar surface area (TPSA) is 3.24 Å². The highest BCUT2D eigenvalue weighted by Crippen LogP contribution is 2.55. The maximum Gasteiger partial charge on any atom is 0.416 e. The molecule has 0 atom stereocenters. The van der Waals surface area contributed by atoms with Crippen LogP contribution in [-0.2, 0) is 11.6 Å². The molecule has 5 aromatic carbocycles. The van der Waals surface area contributed by atoms with Gasteiger partial charge in [0.2, 0.25) is 0 Å². The summed E-state index contributed by atoms with van der Waals surface area (Å²) in [5, 5.41) is 0. The number of aryl methyl sites for hydroxylation is 2. The van der Waals surface area contributed by atoms with Crippen molar-refractivity contribution in [3.8, 4) is 22.3 Å². The summed E-state index contributed by atoms with van der Waals surface area (Å²) in [6, 6.07) is 36.3. The molecule has 1 aliphatic rings. The zero-order valence-corrected chi connectivity index (χ0v) is 32.9. The average Bonchev–Trinajstić information content (AvgIpc) is 3.43. The molecular weight excluding hydrogens is 672 g/mol. The molecule has 5 aromatic rings. The normalized spacial score (nSPS) is 13.2. The third kappa shape index (κ3) is 8.96. The van der Waals surface area contributed by atoms with Gasteiger partial charge in [0, 0.05) is 22.5 Å². The highest BCUT2D eigenvalue weighted by atomic mass is 19.4. The molecule has 4 heteroatoms. The summed E-state index contributed by atoms with van der Waals surface area (Å²) in [6.45, 7) is 8.84. The summed E-state index contributed by atoms with van der Waals surface area (Å²) in [7, 11) is 0. The molecule has 0 aromatic heterocycles. The van der Waals surface area contributed by atoms with Crippen LogP contribution in [0.4, 0.5) is 30.2 Å². The molecule has 284 valence electrons. The number of hydrogen-bond donors (Lipinski definition) is 0. The van der Waals surface area contributed by atoms with Gasteiger partial charge in [0.05, 0.1) is 5.56 Å². The minimum atomic E-state index is -4.38. The molecular formula is C50H58F3N. The van der Waals surface area contributed by atoms with Crippen LogP contribution in [-0.4, -0.2) is 0 Å². The van der Waals surface area contributed by atoms with Crippen LogP contribution in [0.1, 0.15) is 132 Å². The van der Waals surface area contributed by atoms with Gasteiger partial charge in [0.15, 0.2) is 0 Å². The molecule has 1 nitrogen and oxygen atoms in total. The molecule has 0 fully saturated rings. The van der Waals surface area contributed by atoms with Gasteiger partial charge < -0.3 is 4.90 Å². The quantitative estimate of drug-likeness (QED) is 0.0812. The Hall–Kier alpha value is -4.31. The molecule has 0 amide bonds. The Morgan fingerprint density at radius 2 is 0.889 bits per heavy atom. The molecule has 0 bridgehead atoms. The Kier molecular flexibility index (Phi) is 13.0. The smallest absolute Gasteiger partial charge is 0.311 e. The summed E-state index contributed by atoms with van der Waals surface area (Å²) >= 11 is 0. The molecule has 0 saturated carbocycles. The first-order valence-corrected chi connectivity index (χ1v) is 20.5. The van der Waals surface area contributed by atoms with E-state index in [1.54, 1.807) is 12.1 Å². The highest BCUT2D eigenvalue weighted by molar-refractivity contribution is 5.85. The van der Waals surface area contributed by atoms with E-state index in [1.165, 1.54) is 123 Å². The number of halogens is 3. The minimum Gasteiger partial charge on any atom is -0.311 e. The number of alkyl halides is 3. The van der Waals surface area contributed by atoms with Crippen molar-refractivity contribution in [3.05, 3.63) is 137 Å². The molecule has 0 N–H and O–H groups in total. The van der Waals surface area contributed by atoms with Crippen molar-refractivity contribution in [2.24, 2.45) is 0 Å². The molecule has 54 heavy (non-hydrogen) atoms. The van der Waals surface area contributed by atoms with Crippen LogP contribution in [0.15, 0.2) is 109 Å². The van der Waals surface area contributed by atoms with Gasteiger partial charge in [-0.05, 0) is 115 Å². The number of unbranched alkanes of at least 4 members (excludes halogenated alkanes) is 10. The first-order chi connectivity index (χ1) is 26.1. The number of fused-ring (bicyclic) bond motifs is 3. The lowest BCUT2D eigenvalue weighted by molar-refractivity contribution is -0.137. The third-order valence-corrected chi connectivity index (χ3v) is 11.6. The first kappa shape index (κ1) is 39.4. The summed E-state index contributed by atoms with van der Waals surface area (Å²) in [6.07, 6.45) is 13.5. The van der Waals surface area contributed by atoms with E-state index in [0.29, 0.717) is 5.69 Å². The fraction of sp³-hybridized carbons (Fsp3) is 0.400. The molecule has 6 rings (SSSR count). The van der Waals surface area contributed by atoms with Crippen molar-refractivity contribution < 1.29 is 13.2 Å². The Morgan fingerprint density at radius 1 is 0.463 bits per heavy atom. The van der Waals surface area contributed by atoms with Crippen LogP contribution in [0.2, 0.25) is 0 Å². The Labute approximate surface area is 322 Å². The fourth-order valence-corrected chi connectivity index (χ4v) is 8.61. The summed E-state index contributed by atoms with van der Waals surface area (Å²) in [5.74, 6) is 0. The Morgan fingerprint density at radius 3 is 1.43 bits per heavy atom. The monoisotopic (exact) mass is 729 g/mol. The number of hydrogen-bond acceptors (Lipinski definition) is 1. The maximum atomic E-state index is 13.5. The molecule has 0 saturated heterocycles. The van der Waals surface area contributed by atoms with Gasteiger partial charge in [-0.3, -0.25) is 0 Å². The molecule has 0 unspecified atom stereocenters. The van der Waals surface area contributed by atoms with Gasteiger partial charge in [-0.2, -0.15) is 13.2 Å². The third-order valence-electron chi connectivity index (χ3n) is 11.6. The first-order valence-electron chi connectivity index (χ1n) is 20.5. The average molecular weight is 730 g/mol. The molecule has 0 radical (unpaired) electrons. The van der Waals surface area contributed by atoms with Crippen molar-refractivity contribution in [2.75, 3.05) is 4.90 Å². The van der Waals surface area contributed by atoms with E-state index < -0.39 is 11.7 Å². The molecule has 0 spiro atoms. The summed E-state index contributed by atoms with van der Waals surface area (Å²) in [4.78, 5) is 2.02. The second kappa shape index (κ2) is 17.9. The summed E-state index contributed by atoms with van der Waals surface area (Å²) < 4.78 is 40.4. The predicted octanol–water partition coefficient (Wildman–Crippen LogP) is 16.2. The molecule has 0 aliphatic heterocycles. The number of nitrogens with zero attached hydrogens (tertiary/aromatic N) is 1. The fourth-order valence-electron chi connectivity index (χ4n) is 8.61. The largest absolute Gasteiger partial charge is 0.416 e. The van der Waals surface area contributed by atoms with Crippen molar-refractivity contribution in [1.82, 2.24) is 0 Å². The van der Waals surface area contributed by atoms with E-state index in [0.717, 1.165) is 34.6 Å². The van der Waals surface area contributed by atoms with E-state index in [4.69, 9.17) is 0 Å². The van der Waals surface area contributed by atoms with Crippen molar-refractivity contribution in [3.63, 3.8) is 0 Å². The number of rotatable bonds is 18. The van der Waals surface area contributed by atoms with E-state index in [1.807, 2.05) is 36.1 Å². The van der Waals surface area contributed by atoms with Gasteiger partial charge in [0.25, 0.3) is 0 Å². The highest BCUT2D eigenvalue weighted by Gasteiger charge is 2.42. The lowest BCUT2D eigenvalue weighted by Gasteiger charge is -2.33. The van der Waals surface area contributed by atoms with Crippen molar-refractivity contribution in [2.45, 2.75) is 129 Å². The summed E-state index contributed by atoms with van der Waals surface area (Å²) in [5.41, 5.74) is 12.4. The molecule has 1 aliphatic carbocycles. The zero-order valence-electron chi connectivity index (χ0n) is 32.9. The van der Waals surface area contributed by atoms with Gasteiger partial charge >= 0.3 is 6.18 Å². The number of benzene rings is 5. The second-order valence-electron chi connectivity index (χ2n) is 15.7. The van der Waals surface area contributed by atoms with E-state index in [2.05, 4.69) is 81.4 Å².